The average Bonchev–Trinajstić information content (AvgIpc) is 2.93. The van der Waals surface area contributed by atoms with Gasteiger partial charge in [-0.25, -0.2) is 0 Å². The second kappa shape index (κ2) is 7.72. The number of anilines is 1. The predicted molar refractivity (Wildman–Crippen MR) is 112 cm³/mol. The number of aryl methyl sites for hydroxylation is 1. The summed E-state index contributed by atoms with van der Waals surface area (Å²) in [5, 5.41) is 6.71. The van der Waals surface area contributed by atoms with Crippen LogP contribution in [0, 0.1) is 10.5 Å². The number of hydrogen-bond donors (Lipinski definition) is 2. The van der Waals surface area contributed by atoms with E-state index in [1.54, 1.807) is 0 Å². The fourth-order valence-electron chi connectivity index (χ4n) is 2.32. The SMILES string of the molecule is Cc1ccc(I)cc1NC(=O)CNC(=O)c1sc2ccccc2c1Cl. The summed E-state index contributed by atoms with van der Waals surface area (Å²) in [5.41, 5.74) is 1.71. The predicted octanol–water partition coefficient (Wildman–Crippen LogP) is 4.84. The van der Waals surface area contributed by atoms with Gasteiger partial charge in [-0.2, -0.15) is 0 Å². The van der Waals surface area contributed by atoms with E-state index in [1.807, 2.05) is 49.4 Å². The molecule has 0 fully saturated rings. The van der Waals surface area contributed by atoms with Gasteiger partial charge >= 0.3 is 0 Å². The van der Waals surface area contributed by atoms with Crippen molar-refractivity contribution < 1.29 is 9.59 Å². The zero-order chi connectivity index (χ0) is 18.0. The molecule has 0 aliphatic carbocycles. The lowest BCUT2D eigenvalue weighted by molar-refractivity contribution is -0.115. The van der Waals surface area contributed by atoms with E-state index in [-0.39, 0.29) is 18.4 Å². The summed E-state index contributed by atoms with van der Waals surface area (Å²) in [6.45, 7) is 1.80. The molecule has 3 rings (SSSR count). The minimum absolute atomic E-state index is 0.117. The number of hydrogen-bond acceptors (Lipinski definition) is 3. The number of rotatable bonds is 4. The van der Waals surface area contributed by atoms with Crippen molar-refractivity contribution in [2.75, 3.05) is 11.9 Å². The minimum Gasteiger partial charge on any atom is -0.342 e. The van der Waals surface area contributed by atoms with Crippen LogP contribution in [0.15, 0.2) is 42.5 Å². The fourth-order valence-corrected chi connectivity index (χ4v) is 4.25. The Morgan fingerprint density at radius 3 is 2.72 bits per heavy atom. The van der Waals surface area contributed by atoms with E-state index in [1.165, 1.54) is 11.3 Å². The molecule has 0 aliphatic heterocycles. The lowest BCUT2D eigenvalue weighted by atomic mass is 10.2. The summed E-state index contributed by atoms with van der Waals surface area (Å²) in [6.07, 6.45) is 0. The van der Waals surface area contributed by atoms with Crippen molar-refractivity contribution in [1.82, 2.24) is 5.32 Å². The van der Waals surface area contributed by atoms with Crippen molar-refractivity contribution in [1.29, 1.82) is 0 Å². The first-order valence-electron chi connectivity index (χ1n) is 7.47. The molecule has 0 unspecified atom stereocenters. The second-order valence-electron chi connectivity index (χ2n) is 5.43. The van der Waals surface area contributed by atoms with Crippen LogP contribution in [0.3, 0.4) is 0 Å². The van der Waals surface area contributed by atoms with Crippen LogP contribution >= 0.6 is 45.5 Å². The van der Waals surface area contributed by atoms with Gasteiger partial charge in [-0.15, -0.1) is 11.3 Å². The fraction of sp³-hybridized carbons (Fsp3) is 0.111. The molecule has 0 atom stereocenters. The van der Waals surface area contributed by atoms with Crippen LogP contribution in [0.4, 0.5) is 5.69 Å². The number of carbonyl (C=O) groups excluding carboxylic acids is 2. The first-order valence-corrected chi connectivity index (χ1v) is 9.74. The number of fused-ring (bicyclic) bond motifs is 1. The van der Waals surface area contributed by atoms with Gasteiger partial charge in [0.2, 0.25) is 5.91 Å². The smallest absolute Gasteiger partial charge is 0.263 e. The largest absolute Gasteiger partial charge is 0.342 e. The number of halogens is 2. The lowest BCUT2D eigenvalue weighted by Gasteiger charge is -2.09. The number of benzene rings is 2. The minimum atomic E-state index is -0.347. The topological polar surface area (TPSA) is 58.2 Å². The van der Waals surface area contributed by atoms with E-state index >= 15 is 0 Å². The molecule has 0 saturated heterocycles. The van der Waals surface area contributed by atoms with E-state index < -0.39 is 0 Å². The molecule has 4 nitrogen and oxygen atoms in total. The lowest BCUT2D eigenvalue weighted by Crippen LogP contribution is -2.32. The Morgan fingerprint density at radius 2 is 1.96 bits per heavy atom. The summed E-state index contributed by atoms with van der Waals surface area (Å²) >= 11 is 9.78. The van der Waals surface area contributed by atoms with E-state index in [2.05, 4.69) is 33.2 Å². The van der Waals surface area contributed by atoms with Gasteiger partial charge in [-0.05, 0) is 53.3 Å². The molecule has 3 aromatic rings. The molecule has 7 heteroatoms. The zero-order valence-electron chi connectivity index (χ0n) is 13.2. The highest BCUT2D eigenvalue weighted by Gasteiger charge is 2.17. The Labute approximate surface area is 167 Å². The van der Waals surface area contributed by atoms with E-state index in [4.69, 9.17) is 11.6 Å². The molecular weight excluding hydrogens is 471 g/mol. The van der Waals surface area contributed by atoms with Crippen molar-refractivity contribution in [3.63, 3.8) is 0 Å². The monoisotopic (exact) mass is 484 g/mol. The molecule has 128 valence electrons. The third-order valence-corrected chi connectivity index (χ3v) is 5.97. The first kappa shape index (κ1) is 18.2. The van der Waals surface area contributed by atoms with Crippen LogP contribution in [-0.4, -0.2) is 18.4 Å². The van der Waals surface area contributed by atoms with Gasteiger partial charge in [0.05, 0.1) is 11.6 Å². The highest BCUT2D eigenvalue weighted by atomic mass is 127. The van der Waals surface area contributed by atoms with Crippen LogP contribution < -0.4 is 10.6 Å². The zero-order valence-corrected chi connectivity index (χ0v) is 17.0. The summed E-state index contributed by atoms with van der Waals surface area (Å²) in [5.74, 6) is -0.628. The van der Waals surface area contributed by atoms with Gasteiger partial charge in [-0.3, -0.25) is 9.59 Å². The third kappa shape index (κ3) is 4.13. The molecular formula is C18H14ClIN2O2S. The van der Waals surface area contributed by atoms with Gasteiger partial charge in [0.1, 0.15) is 4.88 Å². The van der Waals surface area contributed by atoms with Crippen molar-refractivity contribution in [2.24, 2.45) is 0 Å². The molecule has 0 radical (unpaired) electrons. The Kier molecular flexibility index (Phi) is 5.61. The summed E-state index contributed by atoms with van der Waals surface area (Å²) in [4.78, 5) is 24.9. The molecule has 0 bridgehead atoms. The Morgan fingerprint density at radius 1 is 1.20 bits per heavy atom. The van der Waals surface area contributed by atoms with Crippen molar-refractivity contribution in [3.05, 3.63) is 61.5 Å². The maximum Gasteiger partial charge on any atom is 0.263 e. The van der Waals surface area contributed by atoms with Crippen molar-refractivity contribution in [3.8, 4) is 0 Å². The van der Waals surface area contributed by atoms with Crippen LogP contribution in [0.1, 0.15) is 15.2 Å². The molecule has 0 saturated carbocycles. The number of carbonyl (C=O) groups is 2. The number of nitrogens with one attached hydrogen (secondary N) is 2. The number of thiophene rings is 1. The maximum atomic E-state index is 12.3. The average molecular weight is 485 g/mol. The standard InChI is InChI=1S/C18H14ClIN2O2S/c1-10-6-7-11(20)8-13(10)22-15(23)9-21-18(24)17-16(19)12-4-2-3-5-14(12)25-17/h2-8H,9H2,1H3,(H,21,24)(H,22,23). The van der Waals surface area contributed by atoms with Gasteiger partial charge in [0, 0.05) is 19.3 Å². The highest BCUT2D eigenvalue weighted by molar-refractivity contribution is 14.1. The van der Waals surface area contributed by atoms with Gasteiger partial charge in [0.15, 0.2) is 0 Å². The van der Waals surface area contributed by atoms with Crippen LogP contribution in [0.25, 0.3) is 10.1 Å². The van der Waals surface area contributed by atoms with Crippen LogP contribution in [0.2, 0.25) is 5.02 Å². The van der Waals surface area contributed by atoms with E-state index in [0.29, 0.717) is 9.90 Å². The quantitative estimate of drug-likeness (QED) is 0.521. The Bertz CT molecular complexity index is 971. The van der Waals surface area contributed by atoms with Gasteiger partial charge < -0.3 is 10.6 Å². The van der Waals surface area contributed by atoms with Crippen LogP contribution in [0.5, 0.6) is 0 Å². The molecule has 1 aromatic heterocycles. The molecule has 0 aliphatic rings. The summed E-state index contributed by atoms with van der Waals surface area (Å²) < 4.78 is 1.97. The number of amides is 2. The molecule has 25 heavy (non-hydrogen) atoms. The first-order chi connectivity index (χ1) is 12.0. The van der Waals surface area contributed by atoms with Gasteiger partial charge in [0.25, 0.3) is 5.91 Å². The molecule has 1 heterocycles. The highest BCUT2D eigenvalue weighted by Crippen LogP contribution is 2.34. The molecule has 0 spiro atoms. The Balaban J connectivity index is 1.66. The van der Waals surface area contributed by atoms with Gasteiger partial charge in [-0.1, -0.05) is 35.9 Å². The summed E-state index contributed by atoms with van der Waals surface area (Å²) in [7, 11) is 0. The summed E-state index contributed by atoms with van der Waals surface area (Å²) in [6, 6.07) is 13.3. The van der Waals surface area contributed by atoms with Crippen LogP contribution in [-0.2, 0) is 4.79 Å². The second-order valence-corrected chi connectivity index (χ2v) is 8.11. The normalized spacial score (nSPS) is 10.7. The third-order valence-electron chi connectivity index (χ3n) is 3.62. The van der Waals surface area contributed by atoms with Crippen molar-refractivity contribution >= 4 is 73.1 Å². The Hall–Kier alpha value is -1.64. The molecule has 2 aromatic carbocycles. The molecule has 2 amide bonds. The maximum absolute atomic E-state index is 12.3. The molecule has 2 N–H and O–H groups in total. The van der Waals surface area contributed by atoms with E-state index in [9.17, 15) is 9.59 Å². The van der Waals surface area contributed by atoms with E-state index in [0.717, 1.165) is 24.9 Å². The van der Waals surface area contributed by atoms with Crippen molar-refractivity contribution in [2.45, 2.75) is 6.92 Å².